The van der Waals surface area contributed by atoms with E-state index < -0.39 is 29.3 Å². The molecule has 0 spiro atoms. The zero-order valence-corrected chi connectivity index (χ0v) is 6.80. The Morgan fingerprint density at radius 3 is 2.25 bits per heavy atom. The molecule has 12 heavy (non-hydrogen) atoms. The molecule has 1 fully saturated rings. The predicted molar refractivity (Wildman–Crippen MR) is 36.1 cm³/mol. The third-order valence-electron chi connectivity index (χ3n) is 2.47. The zero-order chi connectivity index (χ0) is 9.52. The SMILES string of the molecule is CC1(C)[C@@H](C=C(F)F)[C@@H]1C(=O)[O-]. The molecule has 1 aliphatic rings. The molecule has 0 unspecified atom stereocenters. The molecule has 0 heterocycles. The summed E-state index contributed by atoms with van der Waals surface area (Å²) in [6, 6.07) is 0. The molecule has 0 bridgehead atoms. The number of hydrogen-bond donors (Lipinski definition) is 0. The van der Waals surface area contributed by atoms with Crippen molar-refractivity contribution < 1.29 is 18.7 Å². The maximum Gasteiger partial charge on any atom is 0.266 e. The number of halogens is 2. The minimum absolute atomic E-state index is 0.576. The van der Waals surface area contributed by atoms with E-state index in [1.807, 2.05) is 0 Å². The van der Waals surface area contributed by atoms with Crippen LogP contribution >= 0.6 is 0 Å². The predicted octanol–water partition coefficient (Wildman–Crippen LogP) is 0.789. The van der Waals surface area contributed by atoms with Crippen LogP contribution in [0.2, 0.25) is 0 Å². The van der Waals surface area contributed by atoms with E-state index in [1.54, 1.807) is 13.8 Å². The molecule has 0 radical (unpaired) electrons. The Kier molecular flexibility index (Phi) is 1.94. The molecule has 0 aliphatic heterocycles. The van der Waals surface area contributed by atoms with Crippen molar-refractivity contribution in [3.8, 4) is 0 Å². The molecule has 68 valence electrons. The number of hydrogen-bond acceptors (Lipinski definition) is 2. The van der Waals surface area contributed by atoms with E-state index in [-0.39, 0.29) is 0 Å². The molecule has 1 saturated carbocycles. The largest absolute Gasteiger partial charge is 0.550 e. The van der Waals surface area contributed by atoms with E-state index in [4.69, 9.17) is 0 Å². The van der Waals surface area contributed by atoms with Gasteiger partial charge < -0.3 is 9.90 Å². The Hall–Kier alpha value is -0.930. The van der Waals surface area contributed by atoms with Crippen LogP contribution in [0.25, 0.3) is 0 Å². The van der Waals surface area contributed by atoms with Crippen LogP contribution in [0.3, 0.4) is 0 Å². The highest BCUT2D eigenvalue weighted by atomic mass is 19.3. The van der Waals surface area contributed by atoms with Crippen molar-refractivity contribution in [3.05, 3.63) is 12.2 Å². The van der Waals surface area contributed by atoms with Crippen molar-refractivity contribution in [3.63, 3.8) is 0 Å². The van der Waals surface area contributed by atoms with Gasteiger partial charge in [0.25, 0.3) is 6.08 Å². The highest BCUT2D eigenvalue weighted by molar-refractivity contribution is 5.74. The van der Waals surface area contributed by atoms with Crippen LogP contribution < -0.4 is 5.11 Å². The van der Waals surface area contributed by atoms with E-state index >= 15 is 0 Å². The number of rotatable bonds is 2. The van der Waals surface area contributed by atoms with Crippen LogP contribution in [0, 0.1) is 17.3 Å². The molecule has 0 saturated heterocycles. The summed E-state index contributed by atoms with van der Waals surface area (Å²) in [5.74, 6) is -2.59. The van der Waals surface area contributed by atoms with E-state index in [9.17, 15) is 18.7 Å². The monoisotopic (exact) mass is 175 g/mol. The topological polar surface area (TPSA) is 40.1 Å². The molecule has 1 aliphatic carbocycles. The molecule has 2 nitrogen and oxygen atoms in total. The first-order chi connectivity index (χ1) is 5.37. The van der Waals surface area contributed by atoms with E-state index in [0.717, 1.165) is 0 Å². The number of carbonyl (C=O) groups is 1. The molecule has 0 aromatic rings. The molecule has 0 aromatic heterocycles. The van der Waals surface area contributed by atoms with Gasteiger partial charge >= 0.3 is 0 Å². The average Bonchev–Trinajstić information content (AvgIpc) is 2.32. The summed E-state index contributed by atoms with van der Waals surface area (Å²) in [5, 5.41) is 10.4. The summed E-state index contributed by atoms with van der Waals surface area (Å²) in [6.07, 6.45) is -1.13. The van der Waals surface area contributed by atoms with Crippen LogP contribution in [-0.2, 0) is 4.79 Å². The standard InChI is InChI=1S/C8H10F2O2/c1-8(2)4(3-5(9)10)6(8)7(11)12/h3-4,6H,1-2H3,(H,11,12)/p-1/t4-,6+/m0/s1. The Morgan fingerprint density at radius 1 is 1.50 bits per heavy atom. The van der Waals surface area contributed by atoms with Crippen LogP contribution in [0.5, 0.6) is 0 Å². The summed E-state index contributed by atoms with van der Waals surface area (Å²) in [6.45, 7) is 3.27. The van der Waals surface area contributed by atoms with Crippen molar-refractivity contribution >= 4 is 5.97 Å². The Morgan fingerprint density at radius 2 is 2.00 bits per heavy atom. The minimum atomic E-state index is -1.82. The maximum absolute atomic E-state index is 11.8. The fourth-order valence-corrected chi connectivity index (χ4v) is 1.57. The first kappa shape index (κ1) is 9.16. The lowest BCUT2D eigenvalue weighted by molar-refractivity contribution is -0.308. The quantitative estimate of drug-likeness (QED) is 0.622. The fraction of sp³-hybridized carbons (Fsp3) is 0.625. The minimum Gasteiger partial charge on any atom is -0.550 e. The van der Waals surface area contributed by atoms with Crippen molar-refractivity contribution in [1.29, 1.82) is 0 Å². The molecule has 0 aromatic carbocycles. The summed E-state index contributed by atoms with van der Waals surface area (Å²) in [4.78, 5) is 10.4. The van der Waals surface area contributed by atoms with Crippen LogP contribution in [0.4, 0.5) is 8.78 Å². The van der Waals surface area contributed by atoms with Crippen molar-refractivity contribution in [1.82, 2.24) is 0 Å². The van der Waals surface area contributed by atoms with E-state index in [0.29, 0.717) is 6.08 Å². The first-order valence-electron chi connectivity index (χ1n) is 3.61. The number of carbonyl (C=O) groups excluding carboxylic acids is 1. The summed E-state index contributed by atoms with van der Waals surface area (Å²) >= 11 is 0. The van der Waals surface area contributed by atoms with Gasteiger partial charge in [-0.2, -0.15) is 8.78 Å². The number of carboxylic acids is 1. The lowest BCUT2D eigenvalue weighted by Crippen LogP contribution is -2.26. The summed E-state index contributed by atoms with van der Waals surface area (Å²) < 4.78 is 23.5. The average molecular weight is 175 g/mol. The van der Waals surface area contributed by atoms with Gasteiger partial charge in [0, 0.05) is 11.9 Å². The van der Waals surface area contributed by atoms with Crippen molar-refractivity contribution in [2.75, 3.05) is 0 Å². The maximum atomic E-state index is 11.8. The van der Waals surface area contributed by atoms with Crippen LogP contribution in [0.1, 0.15) is 13.8 Å². The van der Waals surface area contributed by atoms with Gasteiger partial charge in [-0.15, -0.1) is 0 Å². The van der Waals surface area contributed by atoms with E-state index in [2.05, 4.69) is 0 Å². The number of carboxylic acid groups (broad SMARTS) is 1. The lowest BCUT2D eigenvalue weighted by atomic mass is 10.1. The van der Waals surface area contributed by atoms with Gasteiger partial charge in [0.15, 0.2) is 0 Å². The van der Waals surface area contributed by atoms with Gasteiger partial charge in [-0.25, -0.2) is 0 Å². The van der Waals surface area contributed by atoms with Gasteiger partial charge in [-0.05, 0) is 17.4 Å². The molecule has 2 atom stereocenters. The zero-order valence-electron chi connectivity index (χ0n) is 6.80. The Bertz CT molecular complexity index is 241. The second-order valence-electron chi connectivity index (χ2n) is 3.60. The molecule has 0 N–H and O–H groups in total. The molecule has 0 amide bonds. The highest BCUT2D eigenvalue weighted by Crippen LogP contribution is 2.59. The normalized spacial score (nSPS) is 31.0. The van der Waals surface area contributed by atoms with Crippen molar-refractivity contribution in [2.24, 2.45) is 17.3 Å². The smallest absolute Gasteiger partial charge is 0.266 e. The molecular formula is C8H9F2O2-. The van der Waals surface area contributed by atoms with Crippen LogP contribution in [0.15, 0.2) is 12.2 Å². The van der Waals surface area contributed by atoms with Gasteiger partial charge in [0.1, 0.15) is 0 Å². The third-order valence-corrected chi connectivity index (χ3v) is 2.47. The first-order valence-corrected chi connectivity index (χ1v) is 3.61. The Labute approximate surface area is 68.9 Å². The van der Waals surface area contributed by atoms with Gasteiger partial charge in [0.05, 0.1) is 0 Å². The molecule has 1 rings (SSSR count). The van der Waals surface area contributed by atoms with Crippen molar-refractivity contribution in [2.45, 2.75) is 13.8 Å². The second kappa shape index (κ2) is 2.54. The third kappa shape index (κ3) is 1.33. The summed E-state index contributed by atoms with van der Waals surface area (Å²) in [5.41, 5.74) is -0.581. The highest BCUT2D eigenvalue weighted by Gasteiger charge is 2.57. The fourth-order valence-electron chi connectivity index (χ4n) is 1.57. The van der Waals surface area contributed by atoms with Crippen LogP contribution in [-0.4, -0.2) is 5.97 Å². The molecular weight excluding hydrogens is 166 g/mol. The van der Waals surface area contributed by atoms with E-state index in [1.165, 1.54) is 0 Å². The lowest BCUT2D eigenvalue weighted by Gasteiger charge is -2.01. The molecule has 4 heteroatoms. The second-order valence-corrected chi connectivity index (χ2v) is 3.60. The Balaban J connectivity index is 2.73. The number of aliphatic carboxylic acids is 1. The number of allylic oxidation sites excluding steroid dienone is 1. The summed E-state index contributed by atoms with van der Waals surface area (Å²) in [7, 11) is 0. The van der Waals surface area contributed by atoms with Gasteiger partial charge in [-0.3, -0.25) is 0 Å². The van der Waals surface area contributed by atoms with Gasteiger partial charge in [0.2, 0.25) is 0 Å². The van der Waals surface area contributed by atoms with Gasteiger partial charge in [-0.1, -0.05) is 13.8 Å².